The van der Waals surface area contributed by atoms with Gasteiger partial charge in [0.25, 0.3) is 5.69 Å². The van der Waals surface area contributed by atoms with Crippen molar-refractivity contribution < 1.29 is 9.31 Å². The first-order valence-electron chi connectivity index (χ1n) is 5.75. The Kier molecular flexibility index (Phi) is 4.66. The van der Waals surface area contributed by atoms with Crippen LogP contribution in [0.5, 0.6) is 0 Å². The Bertz CT molecular complexity index is 648. The molecule has 2 aromatic rings. The van der Waals surface area contributed by atoms with Crippen LogP contribution in [-0.2, 0) is 6.42 Å². The number of nitro groups is 1. The normalized spacial score (nSPS) is 10.6. The number of hydrogen-bond donors (Lipinski definition) is 1. The first kappa shape index (κ1) is 14.9. The van der Waals surface area contributed by atoms with Gasteiger partial charge in [0, 0.05) is 30.5 Å². The van der Waals surface area contributed by atoms with Gasteiger partial charge in [-0.2, -0.15) is 0 Å². The Labute approximate surface area is 127 Å². The van der Waals surface area contributed by atoms with Crippen molar-refractivity contribution in [2.45, 2.75) is 13.3 Å². The largest absolute Gasteiger partial charge is 0.379 e. The van der Waals surface area contributed by atoms with Crippen molar-refractivity contribution in [1.82, 2.24) is 4.98 Å². The molecule has 0 aliphatic rings. The average molecular weight is 360 g/mol. The molecule has 0 fully saturated rings. The smallest absolute Gasteiger partial charge is 0.293 e. The van der Waals surface area contributed by atoms with Gasteiger partial charge in [0.05, 0.1) is 20.1 Å². The van der Waals surface area contributed by atoms with Crippen molar-refractivity contribution in [2.24, 2.45) is 0 Å². The summed E-state index contributed by atoms with van der Waals surface area (Å²) in [6.07, 6.45) is 0.624. The Hall–Kier alpha value is -1.54. The number of rotatable bonds is 5. The third-order valence-corrected chi connectivity index (χ3v) is 4.03. The molecule has 1 aromatic carbocycles. The summed E-state index contributed by atoms with van der Waals surface area (Å²) in [4.78, 5) is 14.7. The van der Waals surface area contributed by atoms with Crippen LogP contribution in [-0.4, -0.2) is 16.5 Å². The maximum absolute atomic E-state index is 13.5. The van der Waals surface area contributed by atoms with E-state index in [0.29, 0.717) is 13.0 Å². The van der Waals surface area contributed by atoms with Crippen LogP contribution in [0, 0.1) is 22.9 Å². The van der Waals surface area contributed by atoms with Gasteiger partial charge in [0.15, 0.2) is 0 Å². The maximum atomic E-state index is 13.5. The van der Waals surface area contributed by atoms with Gasteiger partial charge in [-0.25, -0.2) is 9.37 Å². The average Bonchev–Trinajstić information content (AvgIpc) is 2.79. The fourth-order valence-electron chi connectivity index (χ4n) is 1.68. The van der Waals surface area contributed by atoms with Crippen molar-refractivity contribution in [3.63, 3.8) is 0 Å². The van der Waals surface area contributed by atoms with E-state index in [1.807, 2.05) is 12.3 Å². The lowest BCUT2D eigenvalue weighted by Gasteiger charge is -2.07. The molecule has 1 aromatic heterocycles. The number of aryl methyl sites for hydroxylation is 1. The highest BCUT2D eigenvalue weighted by molar-refractivity contribution is 9.10. The topological polar surface area (TPSA) is 68.1 Å². The Balaban J connectivity index is 2.08. The zero-order valence-corrected chi connectivity index (χ0v) is 12.9. The molecule has 106 valence electrons. The minimum absolute atomic E-state index is 0.0740. The molecule has 0 saturated heterocycles. The molecule has 0 unspecified atom stereocenters. The number of anilines is 1. The highest BCUT2D eigenvalue weighted by atomic mass is 79.9. The predicted octanol–water partition coefficient (Wildman–Crippen LogP) is 3.92. The number of thiazole rings is 1. The van der Waals surface area contributed by atoms with Crippen molar-refractivity contribution in [1.29, 1.82) is 0 Å². The highest BCUT2D eigenvalue weighted by Gasteiger charge is 2.17. The quantitative estimate of drug-likeness (QED) is 0.648. The van der Waals surface area contributed by atoms with E-state index in [4.69, 9.17) is 0 Å². The Morgan fingerprint density at radius 3 is 2.90 bits per heavy atom. The number of nitro benzene ring substituents is 1. The fourth-order valence-corrected chi connectivity index (χ4v) is 2.66. The van der Waals surface area contributed by atoms with E-state index in [1.54, 1.807) is 11.3 Å². The molecule has 0 radical (unpaired) electrons. The van der Waals surface area contributed by atoms with Crippen LogP contribution in [0.1, 0.15) is 10.7 Å². The first-order chi connectivity index (χ1) is 9.47. The summed E-state index contributed by atoms with van der Waals surface area (Å²) in [7, 11) is 0. The van der Waals surface area contributed by atoms with E-state index < -0.39 is 10.7 Å². The molecule has 20 heavy (non-hydrogen) atoms. The number of aromatic nitrogens is 1. The van der Waals surface area contributed by atoms with Crippen LogP contribution in [0.2, 0.25) is 0 Å². The molecular weight excluding hydrogens is 349 g/mol. The van der Waals surface area contributed by atoms with E-state index in [9.17, 15) is 14.5 Å². The molecule has 0 amide bonds. The number of nitrogens with zero attached hydrogens (tertiary/aromatic N) is 2. The van der Waals surface area contributed by atoms with Gasteiger partial charge in [0.1, 0.15) is 11.5 Å². The second kappa shape index (κ2) is 6.27. The SMILES string of the molecule is Cc1nc(CCNc2cc(F)c(Br)cc2[N+](=O)[O-])cs1. The van der Waals surface area contributed by atoms with Crippen LogP contribution < -0.4 is 5.32 Å². The van der Waals surface area contributed by atoms with E-state index in [0.717, 1.165) is 22.8 Å². The van der Waals surface area contributed by atoms with Gasteiger partial charge in [-0.05, 0) is 22.9 Å². The van der Waals surface area contributed by atoms with Gasteiger partial charge < -0.3 is 5.32 Å². The minimum Gasteiger partial charge on any atom is -0.379 e. The van der Waals surface area contributed by atoms with Crippen molar-refractivity contribution in [3.8, 4) is 0 Å². The Morgan fingerprint density at radius 1 is 1.55 bits per heavy atom. The lowest BCUT2D eigenvalue weighted by atomic mass is 10.2. The van der Waals surface area contributed by atoms with Crippen LogP contribution in [0.3, 0.4) is 0 Å². The lowest BCUT2D eigenvalue weighted by molar-refractivity contribution is -0.384. The van der Waals surface area contributed by atoms with Crippen LogP contribution in [0.15, 0.2) is 22.0 Å². The monoisotopic (exact) mass is 359 g/mol. The number of benzene rings is 1. The molecule has 0 atom stereocenters. The van der Waals surface area contributed by atoms with E-state index in [2.05, 4.69) is 26.2 Å². The zero-order valence-electron chi connectivity index (χ0n) is 10.5. The predicted molar refractivity (Wildman–Crippen MR) is 79.8 cm³/mol. The van der Waals surface area contributed by atoms with Gasteiger partial charge in [-0.1, -0.05) is 0 Å². The van der Waals surface area contributed by atoms with Gasteiger partial charge in [-0.3, -0.25) is 10.1 Å². The summed E-state index contributed by atoms with van der Waals surface area (Å²) >= 11 is 4.49. The molecule has 1 N–H and O–H groups in total. The molecule has 0 spiro atoms. The fraction of sp³-hybridized carbons (Fsp3) is 0.250. The van der Waals surface area contributed by atoms with E-state index in [1.165, 1.54) is 0 Å². The Morgan fingerprint density at radius 2 is 2.30 bits per heavy atom. The lowest BCUT2D eigenvalue weighted by Crippen LogP contribution is -2.07. The molecule has 0 aliphatic carbocycles. The molecule has 1 heterocycles. The second-order valence-corrected chi connectivity index (χ2v) is 5.99. The molecule has 0 bridgehead atoms. The molecule has 0 saturated carbocycles. The summed E-state index contributed by atoms with van der Waals surface area (Å²) in [5.41, 5.74) is 0.927. The van der Waals surface area contributed by atoms with Crippen molar-refractivity contribution in [3.05, 3.63) is 48.6 Å². The van der Waals surface area contributed by atoms with Gasteiger partial charge >= 0.3 is 0 Å². The number of nitrogens with one attached hydrogen (secondary N) is 1. The summed E-state index contributed by atoms with van der Waals surface area (Å²) in [6.45, 7) is 2.36. The molecular formula is C12H11BrFN3O2S. The summed E-state index contributed by atoms with van der Waals surface area (Å²) in [6, 6.07) is 2.28. The number of halogens is 2. The minimum atomic E-state index is -0.542. The van der Waals surface area contributed by atoms with E-state index in [-0.39, 0.29) is 15.8 Å². The summed E-state index contributed by atoms with van der Waals surface area (Å²) < 4.78 is 13.5. The van der Waals surface area contributed by atoms with Crippen LogP contribution in [0.4, 0.5) is 15.8 Å². The van der Waals surface area contributed by atoms with Crippen LogP contribution >= 0.6 is 27.3 Å². The zero-order chi connectivity index (χ0) is 14.7. The standard InChI is InChI=1S/C12H11BrFN3O2S/c1-7-16-8(6-20-7)2-3-15-11-5-10(14)9(13)4-12(11)17(18)19/h4-6,15H,2-3H2,1H3. The molecule has 8 heteroatoms. The first-order valence-corrected chi connectivity index (χ1v) is 7.43. The van der Waals surface area contributed by atoms with Crippen molar-refractivity contribution >= 4 is 38.6 Å². The maximum Gasteiger partial charge on any atom is 0.293 e. The summed E-state index contributed by atoms with van der Waals surface area (Å²) in [5.74, 6) is -0.539. The van der Waals surface area contributed by atoms with Crippen LogP contribution in [0.25, 0.3) is 0 Å². The number of hydrogen-bond acceptors (Lipinski definition) is 5. The van der Waals surface area contributed by atoms with Crippen molar-refractivity contribution in [2.75, 3.05) is 11.9 Å². The summed E-state index contributed by atoms with van der Waals surface area (Å²) in [5, 5.41) is 16.7. The second-order valence-electron chi connectivity index (χ2n) is 4.08. The molecule has 2 rings (SSSR count). The molecule has 0 aliphatic heterocycles. The van der Waals surface area contributed by atoms with E-state index >= 15 is 0 Å². The van der Waals surface area contributed by atoms with Gasteiger partial charge in [0.2, 0.25) is 0 Å². The third kappa shape index (κ3) is 3.51. The highest BCUT2D eigenvalue weighted by Crippen LogP contribution is 2.30. The molecule has 5 nitrogen and oxygen atoms in total. The third-order valence-electron chi connectivity index (χ3n) is 2.60. The van der Waals surface area contributed by atoms with Gasteiger partial charge in [-0.15, -0.1) is 11.3 Å².